The molecule has 126 valence electrons. The Morgan fingerprint density at radius 3 is 2.29 bits per heavy atom. The summed E-state index contributed by atoms with van der Waals surface area (Å²) in [5, 5.41) is 13.3. The third kappa shape index (κ3) is 3.34. The molecule has 3 rings (SSSR count). The maximum Gasteiger partial charge on any atom is 0.255 e. The Labute approximate surface area is 145 Å². The summed E-state index contributed by atoms with van der Waals surface area (Å²) < 4.78 is 0. The summed E-state index contributed by atoms with van der Waals surface area (Å²) in [4.78, 5) is 28.1. The zero-order chi connectivity index (χ0) is 17.1. The number of amides is 2. The molecule has 6 heteroatoms. The van der Waals surface area contributed by atoms with Crippen LogP contribution in [-0.4, -0.2) is 59.0 Å². The van der Waals surface area contributed by atoms with Crippen molar-refractivity contribution >= 4 is 23.2 Å². The summed E-state index contributed by atoms with van der Waals surface area (Å²) in [6.45, 7) is 3.36. The second-order valence-electron chi connectivity index (χ2n) is 5.86. The number of benzene rings is 1. The van der Waals surface area contributed by atoms with E-state index in [9.17, 15) is 14.7 Å². The molecule has 2 heterocycles. The first-order valence-electron chi connectivity index (χ1n) is 7.95. The Morgan fingerprint density at radius 1 is 1.04 bits per heavy atom. The quantitative estimate of drug-likeness (QED) is 0.927. The minimum atomic E-state index is -0.992. The molecule has 2 aromatic rings. The maximum atomic E-state index is 12.8. The Balaban J connectivity index is 1.71. The van der Waals surface area contributed by atoms with Gasteiger partial charge in [-0.15, -0.1) is 0 Å². The second kappa shape index (κ2) is 7.15. The lowest BCUT2D eigenvalue weighted by molar-refractivity contribution is -0.140. The zero-order valence-electron chi connectivity index (χ0n) is 13.5. The average Bonchev–Trinajstić information content (AvgIpc) is 3.11. The molecule has 1 aliphatic heterocycles. The third-order valence-electron chi connectivity index (χ3n) is 4.21. The van der Waals surface area contributed by atoms with E-state index in [-0.39, 0.29) is 11.8 Å². The van der Waals surface area contributed by atoms with Gasteiger partial charge < -0.3 is 14.9 Å². The third-order valence-corrected chi connectivity index (χ3v) is 4.96. The Bertz CT molecular complexity index is 719. The van der Waals surface area contributed by atoms with Crippen molar-refractivity contribution in [3.63, 3.8) is 0 Å². The molecule has 1 fully saturated rings. The molecular formula is C18H20N2O3S. The van der Waals surface area contributed by atoms with E-state index in [4.69, 9.17) is 0 Å². The number of aliphatic hydroxyl groups excluding tert-OH is 1. The largest absolute Gasteiger partial charge is 0.384 e. The molecule has 1 aromatic carbocycles. The highest BCUT2D eigenvalue weighted by Gasteiger charge is 2.27. The van der Waals surface area contributed by atoms with Gasteiger partial charge in [0, 0.05) is 37.1 Å². The lowest BCUT2D eigenvalue weighted by atomic mass is 10.0. The zero-order valence-corrected chi connectivity index (χ0v) is 14.3. The average molecular weight is 344 g/mol. The van der Waals surface area contributed by atoms with E-state index in [0.29, 0.717) is 31.7 Å². The molecule has 1 aliphatic rings. The number of carbonyl (C=O) groups is 2. The molecule has 1 saturated heterocycles. The first-order chi connectivity index (χ1) is 11.6. The van der Waals surface area contributed by atoms with E-state index < -0.39 is 6.10 Å². The fourth-order valence-corrected chi connectivity index (χ4v) is 3.70. The first-order valence-corrected chi connectivity index (χ1v) is 8.90. The maximum absolute atomic E-state index is 12.8. The molecule has 1 atom stereocenters. The van der Waals surface area contributed by atoms with Crippen molar-refractivity contribution in [1.29, 1.82) is 0 Å². The molecule has 0 aliphatic carbocycles. The molecule has 0 radical (unpaired) electrons. The molecule has 5 nitrogen and oxygen atoms in total. The number of hydrogen-bond acceptors (Lipinski definition) is 4. The van der Waals surface area contributed by atoms with E-state index >= 15 is 0 Å². The number of aliphatic hydroxyl groups is 1. The van der Waals surface area contributed by atoms with E-state index in [1.54, 1.807) is 9.80 Å². The molecule has 0 spiro atoms. The van der Waals surface area contributed by atoms with Crippen LogP contribution in [0.3, 0.4) is 0 Å². The molecule has 24 heavy (non-hydrogen) atoms. The molecule has 1 unspecified atom stereocenters. The monoisotopic (exact) mass is 344 g/mol. The minimum absolute atomic E-state index is 0.000695. The Kier molecular flexibility index (Phi) is 4.97. The highest BCUT2D eigenvalue weighted by Crippen LogP contribution is 2.28. The van der Waals surface area contributed by atoms with Crippen molar-refractivity contribution in [3.05, 3.63) is 46.7 Å². The van der Waals surface area contributed by atoms with Crippen molar-refractivity contribution in [2.24, 2.45) is 0 Å². The molecule has 1 aromatic heterocycles. The van der Waals surface area contributed by atoms with Gasteiger partial charge in [0.2, 0.25) is 0 Å². The van der Waals surface area contributed by atoms with Gasteiger partial charge in [0.1, 0.15) is 6.10 Å². The van der Waals surface area contributed by atoms with Gasteiger partial charge in [0.25, 0.3) is 11.8 Å². The number of piperazine rings is 1. The summed E-state index contributed by atoms with van der Waals surface area (Å²) >= 11 is 1.52. The van der Waals surface area contributed by atoms with Crippen molar-refractivity contribution in [2.75, 3.05) is 26.2 Å². The Morgan fingerprint density at radius 2 is 1.67 bits per heavy atom. The summed E-state index contributed by atoms with van der Waals surface area (Å²) in [6, 6.07) is 9.87. The van der Waals surface area contributed by atoms with Crippen LogP contribution in [-0.2, 0) is 4.79 Å². The van der Waals surface area contributed by atoms with Crippen LogP contribution in [0, 0.1) is 0 Å². The smallest absolute Gasteiger partial charge is 0.255 e. The van der Waals surface area contributed by atoms with Crippen LogP contribution in [0.4, 0.5) is 0 Å². The number of thiophene rings is 1. The standard InChI is InChI=1S/C18H20N2O3S/c1-13(21)17(22)19-7-9-20(10-8-19)18(23)16-12-24-11-15(16)14-5-3-2-4-6-14/h2-6,11-13,21H,7-10H2,1H3. The van der Waals surface area contributed by atoms with Gasteiger partial charge >= 0.3 is 0 Å². The molecule has 0 saturated carbocycles. The predicted octanol–water partition coefficient (Wildman–Crippen LogP) is 2.08. The van der Waals surface area contributed by atoms with Gasteiger partial charge in [-0.2, -0.15) is 11.3 Å². The van der Waals surface area contributed by atoms with E-state index in [1.165, 1.54) is 18.3 Å². The highest BCUT2D eigenvalue weighted by molar-refractivity contribution is 7.08. The van der Waals surface area contributed by atoms with Crippen molar-refractivity contribution < 1.29 is 14.7 Å². The van der Waals surface area contributed by atoms with E-state index in [0.717, 1.165) is 11.1 Å². The van der Waals surface area contributed by atoms with Crippen LogP contribution in [0.1, 0.15) is 17.3 Å². The van der Waals surface area contributed by atoms with Crippen LogP contribution in [0.2, 0.25) is 0 Å². The summed E-state index contributed by atoms with van der Waals surface area (Å²) in [6.07, 6.45) is -0.992. The number of rotatable bonds is 3. The SMILES string of the molecule is CC(O)C(=O)N1CCN(C(=O)c2cscc2-c2ccccc2)CC1. The van der Waals surface area contributed by atoms with Gasteiger partial charge in [-0.1, -0.05) is 30.3 Å². The van der Waals surface area contributed by atoms with Gasteiger partial charge in [-0.25, -0.2) is 0 Å². The Hall–Kier alpha value is -2.18. The van der Waals surface area contributed by atoms with Crippen LogP contribution >= 0.6 is 11.3 Å². The highest BCUT2D eigenvalue weighted by atomic mass is 32.1. The first kappa shape index (κ1) is 16.7. The fraction of sp³-hybridized carbons (Fsp3) is 0.333. The van der Waals surface area contributed by atoms with Crippen LogP contribution in [0.5, 0.6) is 0 Å². The van der Waals surface area contributed by atoms with Crippen LogP contribution in [0.15, 0.2) is 41.1 Å². The molecule has 0 bridgehead atoms. The lowest BCUT2D eigenvalue weighted by Gasteiger charge is -2.35. The number of carbonyl (C=O) groups excluding carboxylic acids is 2. The van der Waals surface area contributed by atoms with Gasteiger partial charge in [0.05, 0.1) is 5.56 Å². The second-order valence-corrected chi connectivity index (χ2v) is 6.60. The van der Waals surface area contributed by atoms with Crippen LogP contribution in [0.25, 0.3) is 11.1 Å². The molecule has 1 N–H and O–H groups in total. The summed E-state index contributed by atoms with van der Waals surface area (Å²) in [7, 11) is 0. The number of nitrogens with zero attached hydrogens (tertiary/aromatic N) is 2. The van der Waals surface area contributed by atoms with Crippen molar-refractivity contribution in [3.8, 4) is 11.1 Å². The summed E-state index contributed by atoms with van der Waals surface area (Å²) in [5.41, 5.74) is 2.69. The predicted molar refractivity (Wildman–Crippen MR) is 93.9 cm³/mol. The van der Waals surface area contributed by atoms with Crippen LogP contribution < -0.4 is 0 Å². The molecular weight excluding hydrogens is 324 g/mol. The molecule has 2 amide bonds. The number of hydrogen-bond donors (Lipinski definition) is 1. The topological polar surface area (TPSA) is 60.9 Å². The summed E-state index contributed by atoms with van der Waals surface area (Å²) in [5.74, 6) is -0.276. The van der Waals surface area contributed by atoms with Gasteiger partial charge in [-0.3, -0.25) is 9.59 Å². The van der Waals surface area contributed by atoms with E-state index in [2.05, 4.69) is 0 Å². The van der Waals surface area contributed by atoms with Crippen molar-refractivity contribution in [1.82, 2.24) is 9.80 Å². The minimum Gasteiger partial charge on any atom is -0.384 e. The van der Waals surface area contributed by atoms with Crippen molar-refractivity contribution in [2.45, 2.75) is 13.0 Å². The lowest BCUT2D eigenvalue weighted by Crippen LogP contribution is -2.52. The van der Waals surface area contributed by atoms with Gasteiger partial charge in [-0.05, 0) is 17.9 Å². The normalized spacial score (nSPS) is 16.1. The van der Waals surface area contributed by atoms with Gasteiger partial charge in [0.15, 0.2) is 0 Å². The van der Waals surface area contributed by atoms with E-state index in [1.807, 2.05) is 41.1 Å². The fourth-order valence-electron chi connectivity index (χ4n) is 2.87.